The predicted octanol–water partition coefficient (Wildman–Crippen LogP) is 4.36. The van der Waals surface area contributed by atoms with E-state index >= 15 is 0 Å². The van der Waals surface area contributed by atoms with Gasteiger partial charge in [-0.1, -0.05) is 55.0 Å². The van der Waals surface area contributed by atoms with E-state index in [4.69, 9.17) is 0 Å². The number of hydrogen-bond donors (Lipinski definition) is 0. The zero-order valence-electron chi connectivity index (χ0n) is 16.5. The lowest BCUT2D eigenvalue weighted by molar-refractivity contribution is -0.125. The summed E-state index contributed by atoms with van der Waals surface area (Å²) in [5.74, 6) is 0.156. The largest absolute Gasteiger partial charge is 0.272 e. The van der Waals surface area contributed by atoms with Crippen molar-refractivity contribution in [3.63, 3.8) is 0 Å². The average molecular weight is 383 g/mol. The summed E-state index contributed by atoms with van der Waals surface area (Å²) in [6.45, 7) is 1.86. The van der Waals surface area contributed by atoms with Crippen molar-refractivity contribution in [2.75, 3.05) is 18.1 Å². The lowest BCUT2D eigenvalue weighted by Crippen LogP contribution is -2.52. The van der Waals surface area contributed by atoms with Crippen molar-refractivity contribution in [3.05, 3.63) is 95.8 Å². The molecule has 3 heterocycles. The van der Waals surface area contributed by atoms with Crippen LogP contribution in [-0.4, -0.2) is 29.0 Å². The van der Waals surface area contributed by atoms with E-state index in [1.54, 1.807) is 0 Å². The molecule has 2 aliphatic rings. The molecule has 1 fully saturated rings. The summed E-state index contributed by atoms with van der Waals surface area (Å²) in [6, 6.07) is 22.6. The maximum atomic E-state index is 14.3. The van der Waals surface area contributed by atoms with Crippen LogP contribution in [0.3, 0.4) is 0 Å². The van der Waals surface area contributed by atoms with Gasteiger partial charge in [-0.05, 0) is 54.2 Å². The van der Waals surface area contributed by atoms with Gasteiger partial charge in [0.2, 0.25) is 0 Å². The molecule has 5 rings (SSSR count). The highest BCUT2D eigenvalue weighted by atomic mass is 16.2. The van der Waals surface area contributed by atoms with E-state index in [9.17, 15) is 4.79 Å². The summed E-state index contributed by atoms with van der Waals surface area (Å²) in [6.07, 6.45) is 7.74. The Hall–Kier alpha value is -2.98. The second-order valence-corrected chi connectivity index (χ2v) is 7.95. The van der Waals surface area contributed by atoms with Crippen LogP contribution in [0.25, 0.3) is 0 Å². The lowest BCUT2D eigenvalue weighted by Gasteiger charge is -2.37. The van der Waals surface area contributed by atoms with Gasteiger partial charge in [-0.2, -0.15) is 0 Å². The molecule has 0 N–H and O–H groups in total. The van der Waals surface area contributed by atoms with Gasteiger partial charge in [0.05, 0.1) is 5.69 Å². The van der Waals surface area contributed by atoms with Crippen LogP contribution in [0.15, 0.2) is 79.1 Å². The number of piperidine rings is 1. The molecule has 1 atom stereocenters. The van der Waals surface area contributed by atoms with Crippen LogP contribution in [0.2, 0.25) is 0 Å². The molecule has 2 aromatic carbocycles. The molecule has 146 valence electrons. The third kappa shape index (κ3) is 2.95. The Labute approximate surface area is 171 Å². The molecule has 2 aliphatic heterocycles. The number of benzene rings is 2. The zero-order valence-corrected chi connectivity index (χ0v) is 16.5. The Kier molecular flexibility index (Phi) is 4.64. The Morgan fingerprint density at radius 3 is 2.28 bits per heavy atom. The monoisotopic (exact) mass is 383 g/mol. The minimum Gasteiger partial charge on any atom is -0.272 e. The van der Waals surface area contributed by atoms with E-state index in [2.05, 4.69) is 40.3 Å². The van der Waals surface area contributed by atoms with Crippen LogP contribution in [0.4, 0.5) is 5.69 Å². The molecule has 1 aromatic heterocycles. The summed E-state index contributed by atoms with van der Waals surface area (Å²) in [5, 5.41) is 4.23. The molecule has 4 heteroatoms. The fraction of sp³-hybridized carbons (Fsp3) is 0.280. The number of fused-ring (bicyclic) bond motifs is 1. The predicted molar refractivity (Wildman–Crippen MR) is 115 cm³/mol. The van der Waals surface area contributed by atoms with Crippen molar-refractivity contribution < 1.29 is 4.79 Å². The molecule has 0 radical (unpaired) electrons. The van der Waals surface area contributed by atoms with E-state index in [-0.39, 0.29) is 5.91 Å². The Morgan fingerprint density at radius 1 is 0.828 bits per heavy atom. The highest BCUT2D eigenvalue weighted by Gasteiger charge is 2.53. The smallest absolute Gasteiger partial charge is 0.257 e. The Balaban J connectivity index is 1.70. The van der Waals surface area contributed by atoms with Crippen molar-refractivity contribution in [2.45, 2.75) is 31.1 Å². The first-order valence-electron chi connectivity index (χ1n) is 10.4. The molecule has 0 bridgehead atoms. The van der Waals surface area contributed by atoms with E-state index in [1.807, 2.05) is 53.8 Å². The van der Waals surface area contributed by atoms with E-state index in [1.165, 1.54) is 6.42 Å². The molecule has 4 nitrogen and oxygen atoms in total. The molecule has 0 aliphatic carbocycles. The van der Waals surface area contributed by atoms with Gasteiger partial charge < -0.3 is 0 Å². The number of hydrazine groups is 1. The van der Waals surface area contributed by atoms with Crippen molar-refractivity contribution in [2.24, 2.45) is 0 Å². The fourth-order valence-corrected chi connectivity index (χ4v) is 4.86. The molecule has 3 aromatic rings. The quantitative estimate of drug-likeness (QED) is 0.672. The van der Waals surface area contributed by atoms with Crippen molar-refractivity contribution in [1.82, 2.24) is 9.99 Å². The summed E-state index contributed by atoms with van der Waals surface area (Å²) in [4.78, 5) is 18.4. The van der Waals surface area contributed by atoms with E-state index in [0.29, 0.717) is 6.42 Å². The molecular weight excluding hydrogens is 358 g/mol. The van der Waals surface area contributed by atoms with Gasteiger partial charge in [0, 0.05) is 25.5 Å². The van der Waals surface area contributed by atoms with Crippen LogP contribution in [0.5, 0.6) is 0 Å². The zero-order chi connectivity index (χ0) is 19.7. The molecule has 1 unspecified atom stereocenters. The van der Waals surface area contributed by atoms with Crippen LogP contribution in [0.1, 0.15) is 36.0 Å². The normalized spacial score (nSPS) is 21.9. The summed E-state index contributed by atoms with van der Waals surface area (Å²) in [5.41, 5.74) is 3.56. The molecular formula is C25H25N3O. The van der Waals surface area contributed by atoms with Gasteiger partial charge in [-0.3, -0.25) is 9.78 Å². The van der Waals surface area contributed by atoms with Crippen LogP contribution < -0.4 is 5.01 Å². The number of anilines is 1. The van der Waals surface area contributed by atoms with Crippen LogP contribution in [-0.2, 0) is 16.6 Å². The number of carbonyl (C=O) groups excluding carboxylic acids is 1. The van der Waals surface area contributed by atoms with Gasteiger partial charge in [0.25, 0.3) is 5.91 Å². The van der Waals surface area contributed by atoms with Crippen molar-refractivity contribution in [3.8, 4) is 0 Å². The van der Waals surface area contributed by atoms with Crippen molar-refractivity contribution in [1.29, 1.82) is 0 Å². The number of rotatable bonds is 4. The Morgan fingerprint density at radius 2 is 1.52 bits per heavy atom. The second-order valence-electron chi connectivity index (χ2n) is 7.95. The third-order valence-corrected chi connectivity index (χ3v) is 6.25. The Bertz CT molecular complexity index is 999. The van der Waals surface area contributed by atoms with Crippen molar-refractivity contribution >= 4 is 11.6 Å². The first kappa shape index (κ1) is 18.1. The summed E-state index contributed by atoms with van der Waals surface area (Å²) in [7, 11) is 0. The summed E-state index contributed by atoms with van der Waals surface area (Å²) >= 11 is 0. The fourth-order valence-electron chi connectivity index (χ4n) is 4.86. The third-order valence-electron chi connectivity index (χ3n) is 6.25. The number of carbonyl (C=O) groups is 1. The highest BCUT2D eigenvalue weighted by molar-refractivity contribution is 6.10. The minimum atomic E-state index is -0.726. The molecule has 1 saturated heterocycles. The van der Waals surface area contributed by atoms with E-state index < -0.39 is 5.41 Å². The highest BCUT2D eigenvalue weighted by Crippen LogP contribution is 2.48. The lowest BCUT2D eigenvalue weighted by atomic mass is 9.71. The maximum Gasteiger partial charge on any atom is 0.257 e. The number of nitrogens with zero attached hydrogens (tertiary/aromatic N) is 3. The van der Waals surface area contributed by atoms with Gasteiger partial charge in [-0.15, -0.1) is 0 Å². The van der Waals surface area contributed by atoms with Gasteiger partial charge >= 0.3 is 0 Å². The van der Waals surface area contributed by atoms with Gasteiger partial charge in [0.15, 0.2) is 0 Å². The standard InChI is InChI=1S/C25H25N3O/c29-24-25(21-9-3-1-4-10-21,19-20-13-15-26-16-14-20)22-11-5-6-12-23(22)28(24)27-17-7-2-8-18-27/h1,3-6,9-16H,2,7-8,17-19H2. The van der Waals surface area contributed by atoms with Gasteiger partial charge in [-0.25, -0.2) is 10.0 Å². The minimum absolute atomic E-state index is 0.156. The topological polar surface area (TPSA) is 36.4 Å². The number of amides is 1. The second kappa shape index (κ2) is 7.45. The van der Waals surface area contributed by atoms with E-state index in [0.717, 1.165) is 48.3 Å². The first-order valence-corrected chi connectivity index (χ1v) is 10.4. The number of para-hydroxylation sites is 1. The maximum absolute atomic E-state index is 14.3. The average Bonchev–Trinajstić information content (AvgIpc) is 3.04. The SMILES string of the molecule is O=C1N(N2CCCCC2)c2ccccc2C1(Cc1ccncc1)c1ccccc1. The van der Waals surface area contributed by atoms with Crippen LogP contribution >= 0.6 is 0 Å². The first-order chi connectivity index (χ1) is 14.3. The number of hydrogen-bond acceptors (Lipinski definition) is 3. The number of aromatic nitrogens is 1. The summed E-state index contributed by atoms with van der Waals surface area (Å²) < 4.78 is 0. The van der Waals surface area contributed by atoms with Gasteiger partial charge in [0.1, 0.15) is 5.41 Å². The molecule has 0 saturated carbocycles. The molecule has 1 amide bonds. The molecule has 0 spiro atoms. The molecule has 29 heavy (non-hydrogen) atoms. The van der Waals surface area contributed by atoms with Crippen LogP contribution in [0, 0.1) is 0 Å². The number of pyridine rings is 1.